The van der Waals surface area contributed by atoms with Crippen molar-refractivity contribution >= 4 is 46.2 Å². The Kier molecular flexibility index (Phi) is 8.79. The summed E-state index contributed by atoms with van der Waals surface area (Å²) in [6.45, 7) is 1.02. The Hall–Kier alpha value is -4.62. The average molecular weight is 614 g/mol. The summed E-state index contributed by atoms with van der Waals surface area (Å²) in [5.74, 6) is -4.36. The molecule has 0 spiro atoms. The van der Waals surface area contributed by atoms with E-state index in [0.717, 1.165) is 4.90 Å². The molecule has 4 heterocycles. The highest BCUT2D eigenvalue weighted by atomic mass is 19.3. The van der Waals surface area contributed by atoms with Crippen LogP contribution in [-0.4, -0.2) is 80.9 Å². The molecule has 5 rings (SSSR count). The molecular formula is C30H34F3N7O4. The third-order valence-corrected chi connectivity index (χ3v) is 7.96. The molecule has 2 aliphatic rings. The minimum atomic E-state index is -2.96. The van der Waals surface area contributed by atoms with Gasteiger partial charge in [-0.3, -0.25) is 14.4 Å². The van der Waals surface area contributed by atoms with Gasteiger partial charge in [0.1, 0.15) is 24.6 Å². The van der Waals surface area contributed by atoms with Crippen LogP contribution in [0.25, 0.3) is 10.9 Å². The van der Waals surface area contributed by atoms with Crippen molar-refractivity contribution in [3.05, 3.63) is 53.9 Å². The summed E-state index contributed by atoms with van der Waals surface area (Å²) in [7, 11) is 0. The number of pyridine rings is 1. The molecule has 44 heavy (non-hydrogen) atoms. The largest absolute Gasteiger partial charge is 0.366 e. The van der Waals surface area contributed by atoms with Gasteiger partial charge in [-0.05, 0) is 62.9 Å². The predicted molar refractivity (Wildman–Crippen MR) is 157 cm³/mol. The Morgan fingerprint density at radius 3 is 2.59 bits per heavy atom. The van der Waals surface area contributed by atoms with Gasteiger partial charge in [-0.15, -0.1) is 0 Å². The Balaban J connectivity index is 1.36. The van der Waals surface area contributed by atoms with Crippen LogP contribution in [0.1, 0.15) is 48.2 Å². The molecule has 14 heteroatoms. The predicted octanol–water partition coefficient (Wildman–Crippen LogP) is 4.06. The first-order chi connectivity index (χ1) is 20.9. The molecule has 4 N–H and O–H groups in total. The molecule has 1 aromatic carbocycles. The Labute approximate surface area is 251 Å². The molecule has 0 radical (unpaired) electrons. The molecule has 0 aliphatic carbocycles. The quantitative estimate of drug-likeness (QED) is 0.384. The van der Waals surface area contributed by atoms with Crippen LogP contribution in [0.2, 0.25) is 0 Å². The van der Waals surface area contributed by atoms with Crippen LogP contribution in [-0.2, 0) is 16.1 Å². The normalized spacial score (nSPS) is 20.2. The maximum Gasteiger partial charge on any atom is 0.322 e. The summed E-state index contributed by atoms with van der Waals surface area (Å²) in [5, 5.41) is 5.66. The first-order valence-corrected chi connectivity index (χ1v) is 14.4. The lowest BCUT2D eigenvalue weighted by Gasteiger charge is -2.32. The zero-order valence-corrected chi connectivity index (χ0v) is 24.2. The number of urea groups is 1. The summed E-state index contributed by atoms with van der Waals surface area (Å²) >= 11 is 0. The summed E-state index contributed by atoms with van der Waals surface area (Å²) in [6, 6.07) is 8.09. The number of halogens is 3. The van der Waals surface area contributed by atoms with Gasteiger partial charge >= 0.3 is 6.03 Å². The van der Waals surface area contributed by atoms with Crippen molar-refractivity contribution in [2.45, 2.75) is 63.7 Å². The number of aryl methyl sites for hydroxylation is 1. The Morgan fingerprint density at radius 2 is 1.86 bits per heavy atom. The van der Waals surface area contributed by atoms with Gasteiger partial charge in [0.25, 0.3) is 11.8 Å². The molecule has 234 valence electrons. The van der Waals surface area contributed by atoms with Gasteiger partial charge < -0.3 is 30.7 Å². The fraction of sp³-hybridized carbons (Fsp3) is 0.433. The van der Waals surface area contributed by atoms with Gasteiger partial charge in [-0.2, -0.15) is 0 Å². The van der Waals surface area contributed by atoms with Crippen LogP contribution >= 0.6 is 0 Å². The van der Waals surface area contributed by atoms with Crippen molar-refractivity contribution in [2.75, 3.05) is 30.3 Å². The molecule has 2 aliphatic heterocycles. The molecule has 2 atom stereocenters. The van der Waals surface area contributed by atoms with E-state index in [-0.39, 0.29) is 63.0 Å². The number of piperidine rings is 1. The monoisotopic (exact) mass is 613 g/mol. The maximum atomic E-state index is 14.4. The molecule has 2 fully saturated rings. The number of primary amides is 1. The van der Waals surface area contributed by atoms with E-state index in [9.17, 15) is 32.3 Å². The lowest BCUT2D eigenvalue weighted by Crippen LogP contribution is -2.48. The second-order valence-corrected chi connectivity index (χ2v) is 11.3. The van der Waals surface area contributed by atoms with E-state index in [2.05, 4.69) is 15.6 Å². The molecular weight excluding hydrogens is 579 g/mol. The molecule has 2 saturated heterocycles. The maximum absolute atomic E-state index is 14.4. The van der Waals surface area contributed by atoms with Crippen molar-refractivity contribution in [3.63, 3.8) is 0 Å². The number of aromatic nitrogens is 2. The zero-order valence-electron chi connectivity index (χ0n) is 24.2. The van der Waals surface area contributed by atoms with E-state index in [4.69, 9.17) is 5.73 Å². The van der Waals surface area contributed by atoms with E-state index in [1.165, 1.54) is 27.8 Å². The Morgan fingerprint density at radius 1 is 1.07 bits per heavy atom. The molecule has 1 unspecified atom stereocenters. The van der Waals surface area contributed by atoms with Crippen LogP contribution in [0.3, 0.4) is 0 Å². The highest BCUT2D eigenvalue weighted by Gasteiger charge is 2.37. The minimum absolute atomic E-state index is 0.0208. The lowest BCUT2D eigenvalue weighted by atomic mass is 10.1. The van der Waals surface area contributed by atoms with Gasteiger partial charge in [0.05, 0.1) is 12.1 Å². The number of likely N-dealkylation sites (tertiary alicyclic amines) is 2. The Bertz CT molecular complexity index is 1590. The van der Waals surface area contributed by atoms with Crippen molar-refractivity contribution in [1.29, 1.82) is 0 Å². The van der Waals surface area contributed by atoms with Crippen LogP contribution in [0, 0.1) is 6.92 Å². The van der Waals surface area contributed by atoms with Crippen molar-refractivity contribution in [1.82, 2.24) is 19.4 Å². The fourth-order valence-corrected chi connectivity index (χ4v) is 5.75. The van der Waals surface area contributed by atoms with E-state index < -0.39 is 48.4 Å². The molecule has 11 nitrogen and oxygen atoms in total. The number of carbonyl (C=O) groups excluding carboxylic acids is 4. The van der Waals surface area contributed by atoms with Gasteiger partial charge in [0, 0.05) is 48.0 Å². The number of benzene rings is 1. The second kappa shape index (κ2) is 12.5. The smallest absolute Gasteiger partial charge is 0.322 e. The van der Waals surface area contributed by atoms with E-state index in [0.29, 0.717) is 22.4 Å². The van der Waals surface area contributed by atoms with Crippen LogP contribution in [0.15, 0.2) is 42.6 Å². The lowest BCUT2D eigenvalue weighted by molar-refractivity contribution is -0.139. The number of alkyl halides is 3. The van der Waals surface area contributed by atoms with Crippen molar-refractivity contribution in [3.8, 4) is 0 Å². The first kappa shape index (κ1) is 30.8. The zero-order chi connectivity index (χ0) is 31.6. The summed E-state index contributed by atoms with van der Waals surface area (Å²) in [6.07, 6.45) is 0.445. The number of hydrogen-bond donors (Lipinski definition) is 3. The first-order valence-electron chi connectivity index (χ1n) is 14.4. The van der Waals surface area contributed by atoms with E-state index >= 15 is 0 Å². The SMILES string of the molecule is Cc1cccc(NC(=O)[C@@H]2CCC(F)CCN2C(=O)Cn2cc(C(N)=O)c3cc(NC(=O)N4CCCC(F)(F)C4)ccc32)n1. The van der Waals surface area contributed by atoms with Gasteiger partial charge in [-0.25, -0.2) is 22.9 Å². The number of fused-ring (bicyclic) bond motifs is 1. The number of rotatable bonds is 6. The number of amides is 5. The van der Waals surface area contributed by atoms with Crippen molar-refractivity contribution in [2.24, 2.45) is 5.73 Å². The molecule has 0 bridgehead atoms. The highest BCUT2D eigenvalue weighted by molar-refractivity contribution is 6.08. The van der Waals surface area contributed by atoms with Gasteiger partial charge in [0.15, 0.2) is 0 Å². The third-order valence-electron chi connectivity index (χ3n) is 7.96. The number of nitrogens with two attached hydrogens (primary N) is 1. The van der Waals surface area contributed by atoms with Gasteiger partial charge in [-0.1, -0.05) is 6.07 Å². The van der Waals surface area contributed by atoms with Crippen LogP contribution in [0.5, 0.6) is 0 Å². The molecule has 3 aromatic rings. The number of anilines is 2. The summed E-state index contributed by atoms with van der Waals surface area (Å²) in [5.41, 5.74) is 7.09. The second-order valence-electron chi connectivity index (χ2n) is 11.3. The molecule has 5 amide bonds. The topological polar surface area (TPSA) is 143 Å². The number of nitrogens with one attached hydrogen (secondary N) is 2. The molecule has 0 saturated carbocycles. The highest BCUT2D eigenvalue weighted by Crippen LogP contribution is 2.29. The summed E-state index contributed by atoms with van der Waals surface area (Å²) in [4.78, 5) is 58.6. The number of carbonyl (C=O) groups is 4. The molecule has 2 aromatic heterocycles. The third kappa shape index (κ3) is 6.95. The van der Waals surface area contributed by atoms with Crippen LogP contribution < -0.4 is 16.4 Å². The minimum Gasteiger partial charge on any atom is -0.366 e. The fourth-order valence-electron chi connectivity index (χ4n) is 5.75. The average Bonchev–Trinajstić information content (AvgIpc) is 3.18. The van der Waals surface area contributed by atoms with Crippen LogP contribution in [0.4, 0.5) is 29.5 Å². The van der Waals surface area contributed by atoms with Gasteiger partial charge in [0.2, 0.25) is 11.8 Å². The van der Waals surface area contributed by atoms with E-state index in [1.54, 1.807) is 31.2 Å². The van der Waals surface area contributed by atoms with Crippen molar-refractivity contribution < 1.29 is 32.3 Å². The number of nitrogens with zero attached hydrogens (tertiary/aromatic N) is 4. The standard InChI is InChI=1S/C30H34F3N7O4/c1-18-4-2-5-25(35-18)37-28(43)24-8-6-19(31)10-13-40(24)26(41)16-39-15-22(27(34)42)21-14-20(7-9-23(21)39)36-29(44)38-12-3-11-30(32,33)17-38/h2,4-5,7,9,14-15,19,24H,3,6,8,10-13,16-17H2,1H3,(H2,34,42)(H,36,44)(H,35,37,43)/t19?,24-/m0/s1. The summed E-state index contributed by atoms with van der Waals surface area (Å²) < 4.78 is 43.5. The van der Waals surface area contributed by atoms with E-state index in [1.807, 2.05) is 0 Å². The number of hydrogen-bond acceptors (Lipinski definition) is 5.